The predicted molar refractivity (Wildman–Crippen MR) is 97.6 cm³/mol. The average molecular weight is 389 g/mol. The maximum Gasteiger partial charge on any atom is 0.253 e. The third kappa shape index (κ3) is 4.85. The molecule has 0 bridgehead atoms. The second-order valence-corrected chi connectivity index (χ2v) is 7.15. The summed E-state index contributed by atoms with van der Waals surface area (Å²) < 4.78 is 13.6. The Balaban J connectivity index is 1.93. The molecule has 138 valence electrons. The van der Waals surface area contributed by atoms with Crippen molar-refractivity contribution < 1.29 is 14.0 Å². The number of hydrogen-bond acceptors (Lipinski definition) is 2. The number of piperidine rings is 1. The fourth-order valence-electron chi connectivity index (χ4n) is 3.10. The first kappa shape index (κ1) is 20.0. The summed E-state index contributed by atoms with van der Waals surface area (Å²) >= 11 is 11.6. The van der Waals surface area contributed by atoms with Gasteiger partial charge in [0.1, 0.15) is 5.82 Å². The molecule has 0 aliphatic carbocycles. The molecule has 1 aromatic carbocycles. The number of halogens is 3. The highest BCUT2D eigenvalue weighted by Crippen LogP contribution is 2.25. The lowest BCUT2D eigenvalue weighted by atomic mass is 9.98. The minimum absolute atomic E-state index is 0.0620. The standard InChI is InChI=1S/C18H23Cl2FN2O2/c1-3-11(4-2)18(25)23-7-5-12(6-8-23)22-17(24)13-9-16(21)15(20)10-14(13)19/h9-12H,3-8H2,1-2H3,(H,22,24). The Morgan fingerprint density at radius 3 is 2.36 bits per heavy atom. The monoisotopic (exact) mass is 388 g/mol. The van der Waals surface area contributed by atoms with Crippen LogP contribution in [0.15, 0.2) is 12.1 Å². The molecule has 1 aliphatic heterocycles. The van der Waals surface area contributed by atoms with E-state index in [1.165, 1.54) is 6.07 Å². The zero-order valence-corrected chi connectivity index (χ0v) is 16.0. The molecule has 0 radical (unpaired) electrons. The summed E-state index contributed by atoms with van der Waals surface area (Å²) in [4.78, 5) is 26.6. The Hall–Kier alpha value is -1.33. The van der Waals surface area contributed by atoms with Crippen LogP contribution >= 0.6 is 23.2 Å². The van der Waals surface area contributed by atoms with Crippen molar-refractivity contribution in [2.45, 2.75) is 45.6 Å². The number of hydrogen-bond donors (Lipinski definition) is 1. The summed E-state index contributed by atoms with van der Waals surface area (Å²) in [5, 5.41) is 2.87. The van der Waals surface area contributed by atoms with Crippen molar-refractivity contribution >= 4 is 35.0 Å². The van der Waals surface area contributed by atoms with Gasteiger partial charge in [0.2, 0.25) is 5.91 Å². The first-order chi connectivity index (χ1) is 11.9. The molecule has 25 heavy (non-hydrogen) atoms. The van der Waals surface area contributed by atoms with Gasteiger partial charge in [-0.05, 0) is 37.8 Å². The van der Waals surface area contributed by atoms with Gasteiger partial charge in [-0.15, -0.1) is 0 Å². The number of likely N-dealkylation sites (tertiary alicyclic amines) is 1. The molecule has 0 saturated carbocycles. The normalized spacial score (nSPS) is 15.5. The molecule has 7 heteroatoms. The minimum Gasteiger partial charge on any atom is -0.349 e. The first-order valence-electron chi connectivity index (χ1n) is 8.61. The summed E-state index contributed by atoms with van der Waals surface area (Å²) in [5.74, 6) is -0.841. The predicted octanol–water partition coefficient (Wildman–Crippen LogP) is 4.29. The Morgan fingerprint density at radius 1 is 1.20 bits per heavy atom. The largest absolute Gasteiger partial charge is 0.349 e. The molecular formula is C18H23Cl2FN2O2. The second-order valence-electron chi connectivity index (χ2n) is 6.33. The smallest absolute Gasteiger partial charge is 0.253 e. The highest BCUT2D eigenvalue weighted by molar-refractivity contribution is 6.36. The fraction of sp³-hybridized carbons (Fsp3) is 0.556. The molecule has 0 atom stereocenters. The van der Waals surface area contributed by atoms with E-state index in [0.29, 0.717) is 25.9 Å². The maximum atomic E-state index is 13.6. The summed E-state index contributed by atoms with van der Waals surface area (Å²) in [6.45, 7) is 5.27. The van der Waals surface area contributed by atoms with Crippen LogP contribution in [0.2, 0.25) is 10.0 Å². The van der Waals surface area contributed by atoms with Crippen LogP contribution in [0, 0.1) is 11.7 Å². The van der Waals surface area contributed by atoms with Gasteiger partial charge < -0.3 is 10.2 Å². The minimum atomic E-state index is -0.679. The van der Waals surface area contributed by atoms with Crippen LogP contribution in [0.5, 0.6) is 0 Å². The van der Waals surface area contributed by atoms with Gasteiger partial charge in [0, 0.05) is 25.0 Å². The zero-order valence-electron chi connectivity index (χ0n) is 14.4. The SMILES string of the molecule is CCC(CC)C(=O)N1CCC(NC(=O)c2cc(F)c(Cl)cc2Cl)CC1. The molecule has 1 N–H and O–H groups in total. The van der Waals surface area contributed by atoms with Crippen LogP contribution in [0.4, 0.5) is 4.39 Å². The molecule has 2 amide bonds. The van der Waals surface area contributed by atoms with Gasteiger partial charge in [-0.2, -0.15) is 0 Å². The summed E-state index contributed by atoms with van der Waals surface area (Å²) in [5.41, 5.74) is 0.0686. The number of carbonyl (C=O) groups is 2. The molecule has 4 nitrogen and oxygen atoms in total. The van der Waals surface area contributed by atoms with E-state index >= 15 is 0 Å². The van der Waals surface area contributed by atoms with Crippen molar-refractivity contribution in [3.8, 4) is 0 Å². The van der Waals surface area contributed by atoms with Gasteiger partial charge in [-0.3, -0.25) is 9.59 Å². The van der Waals surface area contributed by atoms with E-state index in [4.69, 9.17) is 23.2 Å². The number of rotatable bonds is 5. The fourth-order valence-corrected chi connectivity index (χ4v) is 3.57. The molecule has 2 rings (SSSR count). The number of nitrogens with zero attached hydrogens (tertiary/aromatic N) is 1. The number of benzene rings is 1. The van der Waals surface area contributed by atoms with E-state index in [-0.39, 0.29) is 33.5 Å². The van der Waals surface area contributed by atoms with E-state index in [9.17, 15) is 14.0 Å². The Bertz CT molecular complexity index is 642. The lowest BCUT2D eigenvalue weighted by molar-refractivity contribution is -0.136. The first-order valence-corrected chi connectivity index (χ1v) is 9.37. The Labute approximate surface area is 157 Å². The molecule has 1 aliphatic rings. The quantitative estimate of drug-likeness (QED) is 0.764. The van der Waals surface area contributed by atoms with E-state index in [2.05, 4.69) is 5.32 Å². The van der Waals surface area contributed by atoms with E-state index < -0.39 is 11.7 Å². The Kier molecular flexibility index (Phi) is 7.08. The van der Waals surface area contributed by atoms with Gasteiger partial charge in [0.25, 0.3) is 5.91 Å². The third-order valence-electron chi connectivity index (χ3n) is 4.73. The molecule has 1 fully saturated rings. The number of amides is 2. The van der Waals surface area contributed by atoms with Crippen molar-refractivity contribution in [3.63, 3.8) is 0 Å². The molecule has 1 aromatic rings. The maximum absolute atomic E-state index is 13.6. The molecule has 1 saturated heterocycles. The highest BCUT2D eigenvalue weighted by Gasteiger charge is 2.27. The van der Waals surface area contributed by atoms with Crippen LogP contribution in [0.25, 0.3) is 0 Å². The van der Waals surface area contributed by atoms with Gasteiger partial charge in [-0.1, -0.05) is 37.0 Å². The molecule has 0 unspecified atom stereocenters. The lowest BCUT2D eigenvalue weighted by Crippen LogP contribution is -2.48. The molecule has 1 heterocycles. The van der Waals surface area contributed by atoms with Crippen molar-refractivity contribution in [1.82, 2.24) is 10.2 Å². The topological polar surface area (TPSA) is 49.4 Å². The van der Waals surface area contributed by atoms with Crippen molar-refractivity contribution in [2.75, 3.05) is 13.1 Å². The lowest BCUT2D eigenvalue weighted by Gasteiger charge is -2.34. The zero-order chi connectivity index (χ0) is 18.6. The molecule has 0 spiro atoms. The van der Waals surface area contributed by atoms with Gasteiger partial charge in [0.15, 0.2) is 0 Å². The van der Waals surface area contributed by atoms with E-state index in [0.717, 1.165) is 18.9 Å². The number of nitrogens with one attached hydrogen (secondary N) is 1. The van der Waals surface area contributed by atoms with Crippen LogP contribution < -0.4 is 5.32 Å². The van der Waals surface area contributed by atoms with Gasteiger partial charge >= 0.3 is 0 Å². The van der Waals surface area contributed by atoms with Gasteiger partial charge in [-0.25, -0.2) is 4.39 Å². The van der Waals surface area contributed by atoms with Crippen molar-refractivity contribution in [1.29, 1.82) is 0 Å². The number of carbonyl (C=O) groups excluding carboxylic acids is 2. The van der Waals surface area contributed by atoms with Crippen LogP contribution in [-0.2, 0) is 4.79 Å². The average Bonchev–Trinajstić information content (AvgIpc) is 2.59. The van der Waals surface area contributed by atoms with Gasteiger partial charge in [0.05, 0.1) is 15.6 Å². The molecule has 0 aromatic heterocycles. The van der Waals surface area contributed by atoms with Crippen LogP contribution in [0.1, 0.15) is 49.9 Å². The van der Waals surface area contributed by atoms with E-state index in [1.54, 1.807) is 0 Å². The summed E-state index contributed by atoms with van der Waals surface area (Å²) in [7, 11) is 0. The van der Waals surface area contributed by atoms with Crippen molar-refractivity contribution in [3.05, 3.63) is 33.6 Å². The summed E-state index contributed by atoms with van der Waals surface area (Å²) in [6, 6.07) is 2.21. The highest BCUT2D eigenvalue weighted by atomic mass is 35.5. The Morgan fingerprint density at radius 2 is 1.80 bits per heavy atom. The third-order valence-corrected chi connectivity index (χ3v) is 5.33. The van der Waals surface area contributed by atoms with Crippen molar-refractivity contribution in [2.24, 2.45) is 5.92 Å². The summed E-state index contributed by atoms with van der Waals surface area (Å²) in [6.07, 6.45) is 3.02. The van der Waals surface area contributed by atoms with Crippen LogP contribution in [-0.4, -0.2) is 35.8 Å². The van der Waals surface area contributed by atoms with E-state index in [1.807, 2.05) is 18.7 Å². The second kappa shape index (κ2) is 8.86. The van der Waals surface area contributed by atoms with Crippen LogP contribution in [0.3, 0.4) is 0 Å². The molecular weight excluding hydrogens is 366 g/mol.